The van der Waals surface area contributed by atoms with Crippen molar-refractivity contribution in [1.29, 1.82) is 0 Å². The van der Waals surface area contributed by atoms with Gasteiger partial charge in [0.2, 0.25) is 0 Å². The molecule has 78 valence electrons. The van der Waals surface area contributed by atoms with E-state index in [1.165, 1.54) is 35.0 Å². The summed E-state index contributed by atoms with van der Waals surface area (Å²) in [7, 11) is 0. The zero-order chi connectivity index (χ0) is 10.3. The first-order chi connectivity index (χ1) is 7.38. The van der Waals surface area contributed by atoms with Crippen molar-refractivity contribution in [2.24, 2.45) is 0 Å². The topological polar surface area (TPSA) is 19.0 Å². The van der Waals surface area contributed by atoms with Gasteiger partial charge in [0, 0.05) is 30.2 Å². The molecule has 0 fully saturated rings. The molecule has 2 aromatic rings. The summed E-state index contributed by atoms with van der Waals surface area (Å²) < 4.78 is 0. The van der Waals surface area contributed by atoms with Gasteiger partial charge in [0.1, 0.15) is 0 Å². The molecular weight excluding hydrogens is 184 g/mol. The minimum absolute atomic E-state index is 1.10. The molecule has 1 aliphatic heterocycles. The summed E-state index contributed by atoms with van der Waals surface area (Å²) in [6.07, 6.45) is 3.35. The van der Waals surface area contributed by atoms with E-state index in [9.17, 15) is 0 Å². The van der Waals surface area contributed by atoms with Gasteiger partial charge < -0.3 is 4.98 Å². The molecule has 0 radical (unpaired) electrons. The Labute approximate surface area is 89.9 Å². The fourth-order valence-corrected chi connectivity index (χ4v) is 2.53. The predicted octanol–water partition coefficient (Wildman–Crippen LogP) is 2.55. The number of hydrogen-bond donors (Lipinski definition) is 1. The average molecular weight is 200 g/mol. The number of H-pyrrole nitrogens is 1. The van der Waals surface area contributed by atoms with Crippen molar-refractivity contribution in [3.05, 3.63) is 35.5 Å². The first-order valence-corrected chi connectivity index (χ1v) is 5.68. The zero-order valence-electron chi connectivity index (χ0n) is 9.09. The van der Waals surface area contributed by atoms with Crippen LogP contribution in [0.1, 0.15) is 18.1 Å². The summed E-state index contributed by atoms with van der Waals surface area (Å²) >= 11 is 0. The van der Waals surface area contributed by atoms with Crippen molar-refractivity contribution in [3.8, 4) is 0 Å². The van der Waals surface area contributed by atoms with Crippen molar-refractivity contribution < 1.29 is 0 Å². The Kier molecular flexibility index (Phi) is 2.03. The molecular formula is C13H16N2. The van der Waals surface area contributed by atoms with Crippen LogP contribution < -0.4 is 0 Å². The maximum Gasteiger partial charge on any atom is 0.0460 e. The predicted molar refractivity (Wildman–Crippen MR) is 63.0 cm³/mol. The summed E-state index contributed by atoms with van der Waals surface area (Å²) in [5, 5.41) is 1.47. The van der Waals surface area contributed by atoms with Crippen LogP contribution in [0.25, 0.3) is 10.9 Å². The fourth-order valence-electron chi connectivity index (χ4n) is 2.53. The van der Waals surface area contributed by atoms with Crippen LogP contribution in [0.2, 0.25) is 0 Å². The van der Waals surface area contributed by atoms with E-state index in [2.05, 4.69) is 41.2 Å². The lowest BCUT2D eigenvalue weighted by molar-refractivity contribution is 0.288. The summed E-state index contributed by atoms with van der Waals surface area (Å²) in [5.41, 5.74) is 4.25. The van der Waals surface area contributed by atoms with Crippen molar-refractivity contribution >= 4 is 10.9 Å². The average Bonchev–Trinajstić information content (AvgIpc) is 2.58. The molecule has 0 saturated heterocycles. The van der Waals surface area contributed by atoms with Crippen molar-refractivity contribution in [3.63, 3.8) is 0 Å². The number of nitrogens with zero attached hydrogens (tertiary/aromatic N) is 1. The molecule has 0 spiro atoms. The van der Waals surface area contributed by atoms with Crippen LogP contribution in [0.5, 0.6) is 0 Å². The van der Waals surface area contributed by atoms with Crippen LogP contribution in [0.3, 0.4) is 0 Å². The van der Waals surface area contributed by atoms with E-state index in [1.54, 1.807) is 0 Å². The highest BCUT2D eigenvalue weighted by Crippen LogP contribution is 2.26. The molecule has 0 saturated carbocycles. The maximum atomic E-state index is 3.36. The standard InChI is InChI=1S/C13H16N2/c1-2-15-7-6-10-8-14-12-5-3-4-11(9-15)13(10)12/h3-5,8,14H,2,6-7,9H2,1H3. The second-order valence-corrected chi connectivity index (χ2v) is 4.27. The Bertz CT molecular complexity index is 484. The Morgan fingerprint density at radius 1 is 1.33 bits per heavy atom. The minimum atomic E-state index is 1.10. The van der Waals surface area contributed by atoms with E-state index >= 15 is 0 Å². The van der Waals surface area contributed by atoms with Gasteiger partial charge in [0.05, 0.1) is 0 Å². The van der Waals surface area contributed by atoms with Gasteiger partial charge in [-0.05, 0) is 30.2 Å². The highest BCUT2D eigenvalue weighted by Gasteiger charge is 2.15. The summed E-state index contributed by atoms with van der Waals surface area (Å²) in [6.45, 7) is 5.66. The Balaban J connectivity index is 2.19. The third-order valence-electron chi connectivity index (χ3n) is 3.41. The number of aromatic nitrogens is 1. The van der Waals surface area contributed by atoms with Gasteiger partial charge in [-0.3, -0.25) is 4.90 Å². The van der Waals surface area contributed by atoms with Crippen LogP contribution >= 0.6 is 0 Å². The molecule has 1 N–H and O–H groups in total. The van der Waals surface area contributed by atoms with Gasteiger partial charge in [-0.1, -0.05) is 19.1 Å². The van der Waals surface area contributed by atoms with E-state index in [4.69, 9.17) is 0 Å². The number of likely N-dealkylation sites (N-methyl/N-ethyl adjacent to an activating group) is 1. The highest BCUT2D eigenvalue weighted by atomic mass is 15.1. The molecule has 1 aliphatic rings. The molecule has 0 bridgehead atoms. The molecule has 2 heterocycles. The van der Waals surface area contributed by atoms with Gasteiger partial charge in [-0.25, -0.2) is 0 Å². The van der Waals surface area contributed by atoms with Crippen molar-refractivity contribution in [2.45, 2.75) is 19.9 Å². The number of benzene rings is 1. The van der Waals surface area contributed by atoms with E-state index in [0.29, 0.717) is 0 Å². The smallest absolute Gasteiger partial charge is 0.0460 e. The molecule has 2 heteroatoms. The van der Waals surface area contributed by atoms with Crippen LogP contribution in [-0.4, -0.2) is 23.0 Å². The zero-order valence-corrected chi connectivity index (χ0v) is 9.09. The molecule has 15 heavy (non-hydrogen) atoms. The van der Waals surface area contributed by atoms with Crippen molar-refractivity contribution in [2.75, 3.05) is 13.1 Å². The first-order valence-electron chi connectivity index (χ1n) is 5.68. The normalized spacial score (nSPS) is 16.9. The SMILES string of the molecule is CCN1CCc2c[nH]c3cccc(c23)C1. The van der Waals surface area contributed by atoms with Gasteiger partial charge >= 0.3 is 0 Å². The molecule has 0 amide bonds. The number of rotatable bonds is 1. The van der Waals surface area contributed by atoms with E-state index < -0.39 is 0 Å². The summed E-state index contributed by atoms with van der Waals surface area (Å²) in [5.74, 6) is 0. The quantitative estimate of drug-likeness (QED) is 0.749. The van der Waals surface area contributed by atoms with E-state index in [-0.39, 0.29) is 0 Å². The van der Waals surface area contributed by atoms with E-state index in [0.717, 1.165) is 13.1 Å². The van der Waals surface area contributed by atoms with Gasteiger partial charge in [0.15, 0.2) is 0 Å². The molecule has 3 rings (SSSR count). The van der Waals surface area contributed by atoms with Crippen LogP contribution in [-0.2, 0) is 13.0 Å². The van der Waals surface area contributed by atoms with Crippen molar-refractivity contribution in [1.82, 2.24) is 9.88 Å². The third-order valence-corrected chi connectivity index (χ3v) is 3.41. The molecule has 0 aliphatic carbocycles. The van der Waals surface area contributed by atoms with E-state index in [1.807, 2.05) is 0 Å². The number of hydrogen-bond acceptors (Lipinski definition) is 1. The first kappa shape index (κ1) is 8.98. The lowest BCUT2D eigenvalue weighted by Gasteiger charge is -2.17. The van der Waals surface area contributed by atoms with Gasteiger partial charge in [0.25, 0.3) is 0 Å². The Morgan fingerprint density at radius 2 is 2.27 bits per heavy atom. The molecule has 2 nitrogen and oxygen atoms in total. The number of nitrogens with one attached hydrogen (secondary N) is 1. The lowest BCUT2D eigenvalue weighted by atomic mass is 10.1. The van der Waals surface area contributed by atoms with Crippen LogP contribution in [0.4, 0.5) is 0 Å². The van der Waals surface area contributed by atoms with Crippen LogP contribution in [0.15, 0.2) is 24.4 Å². The van der Waals surface area contributed by atoms with Gasteiger partial charge in [-0.2, -0.15) is 0 Å². The maximum absolute atomic E-state index is 3.36. The Hall–Kier alpha value is -1.28. The second-order valence-electron chi connectivity index (χ2n) is 4.27. The monoisotopic (exact) mass is 200 g/mol. The second kappa shape index (κ2) is 3.38. The minimum Gasteiger partial charge on any atom is -0.361 e. The van der Waals surface area contributed by atoms with Gasteiger partial charge in [-0.15, -0.1) is 0 Å². The summed E-state index contributed by atoms with van der Waals surface area (Å²) in [4.78, 5) is 5.87. The largest absolute Gasteiger partial charge is 0.361 e. The molecule has 0 atom stereocenters. The third kappa shape index (κ3) is 1.37. The fraction of sp³-hybridized carbons (Fsp3) is 0.385. The lowest BCUT2D eigenvalue weighted by Crippen LogP contribution is -2.23. The summed E-state index contributed by atoms with van der Waals surface area (Å²) in [6, 6.07) is 6.58. The Morgan fingerprint density at radius 3 is 3.13 bits per heavy atom. The molecule has 0 unspecified atom stereocenters. The highest BCUT2D eigenvalue weighted by molar-refractivity contribution is 5.86. The number of aromatic amines is 1. The van der Waals surface area contributed by atoms with Crippen LogP contribution in [0, 0.1) is 0 Å². The molecule has 1 aromatic carbocycles. The molecule has 1 aromatic heterocycles.